The van der Waals surface area contributed by atoms with Crippen molar-refractivity contribution in [1.82, 2.24) is 0 Å². The molecule has 404 valence electrons. The van der Waals surface area contributed by atoms with Crippen molar-refractivity contribution in [2.75, 3.05) is 13.2 Å². The Bertz CT molecular complexity index is 1460. The van der Waals surface area contributed by atoms with E-state index in [1.165, 1.54) is 122 Å². The number of unbranched alkanes of at least 4 members (excludes halogenated alkanes) is 23. The molecule has 0 saturated heterocycles. The van der Waals surface area contributed by atoms with Crippen LogP contribution >= 0.6 is 0 Å². The highest BCUT2D eigenvalue weighted by molar-refractivity contribution is 5.71. The lowest BCUT2D eigenvalue weighted by Gasteiger charge is -2.18. The molecule has 0 aromatic heterocycles. The first-order chi connectivity index (χ1) is 35.0. The summed E-state index contributed by atoms with van der Waals surface area (Å²) in [7, 11) is 0. The van der Waals surface area contributed by atoms with Crippen molar-refractivity contribution in [2.45, 2.75) is 271 Å². The van der Waals surface area contributed by atoms with Crippen molar-refractivity contribution in [1.29, 1.82) is 0 Å². The van der Waals surface area contributed by atoms with Crippen molar-refractivity contribution < 1.29 is 28.6 Å². The number of hydrogen-bond donors (Lipinski definition) is 0. The van der Waals surface area contributed by atoms with Crippen LogP contribution in [0, 0.1) is 0 Å². The van der Waals surface area contributed by atoms with Crippen LogP contribution < -0.4 is 0 Å². The van der Waals surface area contributed by atoms with Crippen molar-refractivity contribution >= 4 is 17.9 Å². The van der Waals surface area contributed by atoms with E-state index in [9.17, 15) is 14.4 Å². The number of esters is 3. The second-order valence-electron chi connectivity index (χ2n) is 19.2. The topological polar surface area (TPSA) is 78.9 Å². The van der Waals surface area contributed by atoms with E-state index in [0.29, 0.717) is 19.3 Å². The lowest BCUT2D eigenvalue weighted by Crippen LogP contribution is -2.30. The van der Waals surface area contributed by atoms with Gasteiger partial charge in [-0.1, -0.05) is 226 Å². The van der Waals surface area contributed by atoms with Crippen molar-refractivity contribution in [2.24, 2.45) is 0 Å². The van der Waals surface area contributed by atoms with E-state index in [0.717, 1.165) is 96.3 Å². The van der Waals surface area contributed by atoms with Crippen LogP contribution in [-0.2, 0) is 28.6 Å². The second kappa shape index (κ2) is 58.6. The van der Waals surface area contributed by atoms with Crippen LogP contribution in [0.2, 0.25) is 0 Å². The quantitative estimate of drug-likeness (QED) is 0.0261. The minimum absolute atomic E-state index is 0.115. The molecule has 0 fully saturated rings. The summed E-state index contributed by atoms with van der Waals surface area (Å²) in [4.78, 5) is 38.2. The fourth-order valence-corrected chi connectivity index (χ4v) is 7.77. The summed E-state index contributed by atoms with van der Waals surface area (Å²) in [5, 5.41) is 0. The summed E-state index contributed by atoms with van der Waals surface area (Å²) < 4.78 is 16.8. The lowest BCUT2D eigenvalue weighted by molar-refractivity contribution is -0.167. The molecule has 0 N–H and O–H groups in total. The van der Waals surface area contributed by atoms with E-state index in [1.54, 1.807) is 0 Å². The number of carbonyl (C=O) groups is 3. The zero-order valence-corrected chi connectivity index (χ0v) is 46.2. The van der Waals surface area contributed by atoms with Gasteiger partial charge in [-0.3, -0.25) is 14.4 Å². The molecule has 1 atom stereocenters. The largest absolute Gasteiger partial charge is 0.462 e. The molecule has 0 spiro atoms. The van der Waals surface area contributed by atoms with Gasteiger partial charge >= 0.3 is 17.9 Å². The second-order valence-corrected chi connectivity index (χ2v) is 19.2. The average Bonchev–Trinajstić information content (AvgIpc) is 3.37. The molecular formula is C65H108O6. The summed E-state index contributed by atoms with van der Waals surface area (Å²) in [5.74, 6) is -1.00. The fourth-order valence-electron chi connectivity index (χ4n) is 7.77. The van der Waals surface area contributed by atoms with Gasteiger partial charge in [-0.15, -0.1) is 0 Å². The normalized spacial score (nSPS) is 12.9. The Morgan fingerprint density at radius 3 is 0.887 bits per heavy atom. The monoisotopic (exact) mass is 985 g/mol. The molecule has 0 rings (SSSR count). The molecule has 0 aliphatic carbocycles. The molecule has 0 saturated carbocycles. The van der Waals surface area contributed by atoms with Gasteiger partial charge in [-0.05, 0) is 128 Å². The minimum Gasteiger partial charge on any atom is -0.462 e. The predicted molar refractivity (Wildman–Crippen MR) is 307 cm³/mol. The van der Waals surface area contributed by atoms with E-state index < -0.39 is 6.10 Å². The van der Waals surface area contributed by atoms with Gasteiger partial charge < -0.3 is 14.2 Å². The molecule has 0 heterocycles. The Morgan fingerprint density at radius 2 is 0.521 bits per heavy atom. The predicted octanol–water partition coefficient (Wildman–Crippen LogP) is 19.9. The van der Waals surface area contributed by atoms with E-state index in [2.05, 4.69) is 130 Å². The molecule has 0 aliphatic rings. The highest BCUT2D eigenvalue weighted by Crippen LogP contribution is 2.13. The van der Waals surface area contributed by atoms with Crippen LogP contribution in [0.15, 0.2) is 109 Å². The maximum atomic E-state index is 12.9. The highest BCUT2D eigenvalue weighted by atomic mass is 16.6. The summed E-state index contributed by atoms with van der Waals surface area (Å²) in [6, 6.07) is 0. The van der Waals surface area contributed by atoms with Crippen LogP contribution in [0.4, 0.5) is 0 Å². The molecule has 71 heavy (non-hydrogen) atoms. The van der Waals surface area contributed by atoms with E-state index in [-0.39, 0.29) is 37.5 Å². The number of carbonyl (C=O) groups excluding carboxylic acids is 3. The summed E-state index contributed by atoms with van der Waals surface area (Å²) in [6.07, 6.45) is 79.4. The number of allylic oxidation sites excluding steroid dienone is 18. The molecule has 0 radical (unpaired) electrons. The zero-order valence-electron chi connectivity index (χ0n) is 46.2. The minimum atomic E-state index is -0.819. The third-order valence-electron chi connectivity index (χ3n) is 12.2. The third kappa shape index (κ3) is 56.9. The number of rotatable bonds is 52. The molecule has 0 aromatic rings. The zero-order chi connectivity index (χ0) is 51.4. The molecule has 0 aliphatic heterocycles. The Balaban J connectivity index is 4.54. The van der Waals surface area contributed by atoms with Crippen LogP contribution in [0.5, 0.6) is 0 Å². The molecule has 0 unspecified atom stereocenters. The van der Waals surface area contributed by atoms with E-state index >= 15 is 0 Å². The van der Waals surface area contributed by atoms with Crippen LogP contribution in [-0.4, -0.2) is 37.2 Å². The average molecular weight is 986 g/mol. The Kier molecular flexibility index (Phi) is 55.4. The lowest BCUT2D eigenvalue weighted by atomic mass is 10.1. The molecule has 0 bridgehead atoms. The molecular weight excluding hydrogens is 877 g/mol. The van der Waals surface area contributed by atoms with E-state index in [1.807, 2.05) is 0 Å². The van der Waals surface area contributed by atoms with Crippen molar-refractivity contribution in [3.63, 3.8) is 0 Å². The summed E-state index contributed by atoms with van der Waals surface area (Å²) >= 11 is 0. The van der Waals surface area contributed by atoms with Crippen LogP contribution in [0.3, 0.4) is 0 Å². The smallest absolute Gasteiger partial charge is 0.306 e. The third-order valence-corrected chi connectivity index (χ3v) is 12.2. The molecule has 6 nitrogen and oxygen atoms in total. The molecule has 6 heteroatoms. The van der Waals surface area contributed by atoms with Gasteiger partial charge in [0, 0.05) is 19.3 Å². The Morgan fingerprint density at radius 1 is 0.282 bits per heavy atom. The SMILES string of the molecule is CCCCC/C=C\C/C=C\C/C=C\C/C=C\CCCCCC(=O)OC[C@H](COC(=O)CCC/C=C\C/C=C\C/C=C\CCCCCCCC)OC(=O)CCCCCCCCC/C=C\C/C=C\CCCCC. The van der Waals surface area contributed by atoms with E-state index in [4.69, 9.17) is 14.2 Å². The van der Waals surface area contributed by atoms with Gasteiger partial charge in [0.2, 0.25) is 0 Å². The van der Waals surface area contributed by atoms with Gasteiger partial charge in [0.1, 0.15) is 13.2 Å². The highest BCUT2D eigenvalue weighted by Gasteiger charge is 2.19. The fraction of sp³-hybridized carbons (Fsp3) is 0.677. The van der Waals surface area contributed by atoms with Crippen molar-refractivity contribution in [3.05, 3.63) is 109 Å². The Hall–Kier alpha value is -3.93. The van der Waals surface area contributed by atoms with Gasteiger partial charge in [0.15, 0.2) is 6.10 Å². The van der Waals surface area contributed by atoms with Crippen LogP contribution in [0.25, 0.3) is 0 Å². The first-order valence-electron chi connectivity index (χ1n) is 29.4. The summed E-state index contributed by atoms with van der Waals surface area (Å²) in [6.45, 7) is 6.51. The molecule has 0 amide bonds. The maximum Gasteiger partial charge on any atom is 0.306 e. The first-order valence-corrected chi connectivity index (χ1v) is 29.4. The standard InChI is InChI=1S/C65H108O6/c1-4-7-10-13-16-19-22-25-28-31-32-35-37-40-43-46-49-52-55-58-64(67)70-61-62(71-65(68)59-56-53-50-47-44-41-38-34-30-27-24-21-18-15-12-9-6-3)60-69-63(66)57-54-51-48-45-42-39-36-33-29-26-23-20-17-14-11-8-5-2/h16,18-19,21,25-30,32,35-36,39-40,43,45,48,62H,4-15,17,20,22-24,31,33-34,37-38,41-42,44,46-47,49-61H2,1-3H3/b19-16-,21-18-,28-25-,29-26-,30-27-,35-32-,39-36-,43-40-,48-45-/t62-/m0/s1. The van der Waals surface area contributed by atoms with Gasteiger partial charge in [0.05, 0.1) is 0 Å². The number of hydrogen-bond acceptors (Lipinski definition) is 6. The molecule has 0 aromatic carbocycles. The number of ether oxygens (including phenoxy) is 3. The van der Waals surface area contributed by atoms with Gasteiger partial charge in [-0.2, -0.15) is 0 Å². The van der Waals surface area contributed by atoms with Crippen molar-refractivity contribution in [3.8, 4) is 0 Å². The summed E-state index contributed by atoms with van der Waals surface area (Å²) in [5.41, 5.74) is 0. The first kappa shape index (κ1) is 67.1. The van der Waals surface area contributed by atoms with Crippen LogP contribution in [0.1, 0.15) is 265 Å². The van der Waals surface area contributed by atoms with Gasteiger partial charge in [-0.25, -0.2) is 0 Å². The van der Waals surface area contributed by atoms with Gasteiger partial charge in [0.25, 0.3) is 0 Å². The maximum absolute atomic E-state index is 12.9. The Labute approximate surface area is 438 Å².